The molecule has 2 rings (SSSR count). The summed E-state index contributed by atoms with van der Waals surface area (Å²) in [4.78, 5) is 2.38. The van der Waals surface area contributed by atoms with Gasteiger partial charge in [-0.1, -0.05) is 18.3 Å². The zero-order valence-corrected chi connectivity index (χ0v) is 9.47. The fourth-order valence-corrected chi connectivity index (χ4v) is 2.56. The minimum atomic E-state index is 0.580. The Kier molecular flexibility index (Phi) is 2.98. The summed E-state index contributed by atoms with van der Waals surface area (Å²) in [6.07, 6.45) is 1.16. The number of piperazine rings is 1. The molecular weight excluding hydrogens is 196 g/mol. The molecule has 1 atom stereocenters. The van der Waals surface area contributed by atoms with E-state index in [4.69, 9.17) is 0 Å². The van der Waals surface area contributed by atoms with Gasteiger partial charge >= 0.3 is 0 Å². The highest BCUT2D eigenvalue weighted by Gasteiger charge is 2.23. The van der Waals surface area contributed by atoms with E-state index in [2.05, 4.69) is 27.3 Å². The van der Waals surface area contributed by atoms with E-state index in [9.17, 15) is 0 Å². The van der Waals surface area contributed by atoms with E-state index in [0.717, 1.165) is 36.2 Å². The summed E-state index contributed by atoms with van der Waals surface area (Å²) in [7, 11) is 0. The molecule has 0 radical (unpaired) electrons. The predicted octanol–water partition coefficient (Wildman–Crippen LogP) is 1.03. The smallest absolute Gasteiger partial charge is 0.208 e. The number of nitrogens with zero attached hydrogens (tertiary/aromatic N) is 3. The lowest BCUT2D eigenvalue weighted by Gasteiger charge is -2.35. The van der Waals surface area contributed by atoms with Crippen molar-refractivity contribution >= 4 is 16.5 Å². The number of hydrogen-bond acceptors (Lipinski definition) is 5. The van der Waals surface area contributed by atoms with Crippen molar-refractivity contribution in [2.24, 2.45) is 0 Å². The third kappa shape index (κ3) is 1.88. The number of nitrogens with one attached hydrogen (secondary N) is 1. The number of aryl methyl sites for hydroxylation is 1. The van der Waals surface area contributed by atoms with E-state index in [1.807, 2.05) is 6.92 Å². The molecule has 1 aromatic rings. The van der Waals surface area contributed by atoms with Gasteiger partial charge in [0.05, 0.1) is 0 Å². The van der Waals surface area contributed by atoms with Crippen LogP contribution in [0.3, 0.4) is 0 Å². The van der Waals surface area contributed by atoms with Crippen molar-refractivity contribution in [2.75, 3.05) is 24.5 Å². The molecule has 1 N–H and O–H groups in total. The highest BCUT2D eigenvalue weighted by atomic mass is 32.1. The number of anilines is 1. The quantitative estimate of drug-likeness (QED) is 0.795. The van der Waals surface area contributed by atoms with Crippen LogP contribution in [0.15, 0.2) is 0 Å². The Hall–Kier alpha value is -0.680. The maximum Gasteiger partial charge on any atom is 0.208 e. The number of rotatable bonds is 2. The lowest BCUT2D eigenvalue weighted by atomic mass is 10.1. The average Bonchev–Trinajstić information content (AvgIpc) is 2.65. The highest BCUT2D eigenvalue weighted by molar-refractivity contribution is 7.15. The van der Waals surface area contributed by atoms with Crippen molar-refractivity contribution in [2.45, 2.75) is 26.3 Å². The van der Waals surface area contributed by atoms with Crippen LogP contribution in [0, 0.1) is 6.92 Å². The van der Waals surface area contributed by atoms with Crippen LogP contribution < -0.4 is 10.2 Å². The van der Waals surface area contributed by atoms with Crippen molar-refractivity contribution in [3.8, 4) is 0 Å². The molecule has 1 aliphatic heterocycles. The van der Waals surface area contributed by atoms with Gasteiger partial charge in [0, 0.05) is 25.7 Å². The third-order valence-corrected chi connectivity index (χ3v) is 3.46. The Morgan fingerprint density at radius 1 is 1.57 bits per heavy atom. The van der Waals surface area contributed by atoms with Crippen molar-refractivity contribution in [1.82, 2.24) is 15.5 Å². The first-order valence-corrected chi connectivity index (χ1v) is 5.90. The third-order valence-electron chi connectivity index (χ3n) is 2.58. The largest absolute Gasteiger partial charge is 0.341 e. The number of hydrogen-bond donors (Lipinski definition) is 1. The fraction of sp³-hybridized carbons (Fsp3) is 0.778. The van der Waals surface area contributed by atoms with Crippen LogP contribution in [0.2, 0.25) is 0 Å². The molecule has 2 heterocycles. The molecule has 1 unspecified atom stereocenters. The Morgan fingerprint density at radius 3 is 3.07 bits per heavy atom. The molecule has 4 nitrogen and oxygen atoms in total. The van der Waals surface area contributed by atoms with Gasteiger partial charge in [-0.05, 0) is 13.3 Å². The minimum absolute atomic E-state index is 0.580. The van der Waals surface area contributed by atoms with Crippen molar-refractivity contribution in [3.63, 3.8) is 0 Å². The maximum absolute atomic E-state index is 4.20. The van der Waals surface area contributed by atoms with Crippen LogP contribution in [0.1, 0.15) is 18.4 Å². The van der Waals surface area contributed by atoms with Crippen LogP contribution in [-0.2, 0) is 0 Å². The fourth-order valence-electron chi connectivity index (χ4n) is 1.78. The molecular formula is C9H16N4S. The molecule has 0 aliphatic carbocycles. The van der Waals surface area contributed by atoms with Gasteiger partial charge in [-0.25, -0.2) is 0 Å². The van der Waals surface area contributed by atoms with Crippen LogP contribution in [-0.4, -0.2) is 35.9 Å². The van der Waals surface area contributed by atoms with Crippen molar-refractivity contribution in [3.05, 3.63) is 5.01 Å². The SMILES string of the molecule is CCC1CNCCN1c1nnc(C)s1. The molecule has 0 aromatic carbocycles. The van der Waals surface area contributed by atoms with Gasteiger partial charge in [-0.15, -0.1) is 10.2 Å². The first-order chi connectivity index (χ1) is 6.81. The first kappa shape index (κ1) is 9.86. The zero-order valence-electron chi connectivity index (χ0n) is 8.66. The monoisotopic (exact) mass is 212 g/mol. The van der Waals surface area contributed by atoms with E-state index in [1.54, 1.807) is 11.3 Å². The summed E-state index contributed by atoms with van der Waals surface area (Å²) in [5.41, 5.74) is 0. The molecule has 78 valence electrons. The van der Waals surface area contributed by atoms with Crippen LogP contribution in [0.5, 0.6) is 0 Å². The maximum atomic E-state index is 4.20. The van der Waals surface area contributed by atoms with Crippen LogP contribution in [0.25, 0.3) is 0 Å². The average molecular weight is 212 g/mol. The van der Waals surface area contributed by atoms with E-state index in [0.29, 0.717) is 6.04 Å². The molecule has 5 heteroatoms. The van der Waals surface area contributed by atoms with E-state index in [-0.39, 0.29) is 0 Å². The van der Waals surface area contributed by atoms with Gasteiger partial charge in [0.2, 0.25) is 5.13 Å². The summed E-state index contributed by atoms with van der Waals surface area (Å²) in [6.45, 7) is 7.39. The predicted molar refractivity (Wildman–Crippen MR) is 58.9 cm³/mol. The topological polar surface area (TPSA) is 41.0 Å². The summed E-state index contributed by atoms with van der Waals surface area (Å²) in [5, 5.41) is 13.8. The molecule has 0 bridgehead atoms. The molecule has 0 saturated carbocycles. The zero-order chi connectivity index (χ0) is 9.97. The Bertz CT molecular complexity index is 299. The van der Waals surface area contributed by atoms with Gasteiger partial charge in [0.15, 0.2) is 0 Å². The Balaban J connectivity index is 2.14. The molecule has 1 saturated heterocycles. The molecule has 1 fully saturated rings. The molecule has 0 amide bonds. The molecule has 1 aliphatic rings. The Labute approximate surface area is 88.3 Å². The van der Waals surface area contributed by atoms with E-state index < -0.39 is 0 Å². The van der Waals surface area contributed by atoms with Crippen LogP contribution >= 0.6 is 11.3 Å². The van der Waals surface area contributed by atoms with Gasteiger partial charge in [0.25, 0.3) is 0 Å². The second-order valence-corrected chi connectivity index (χ2v) is 4.72. The standard InChI is InChI=1S/C9H16N4S/c1-3-8-6-10-4-5-13(8)9-12-11-7(2)14-9/h8,10H,3-6H2,1-2H3. The van der Waals surface area contributed by atoms with Gasteiger partial charge in [-0.2, -0.15) is 0 Å². The second kappa shape index (κ2) is 4.23. The van der Waals surface area contributed by atoms with Gasteiger partial charge in [-0.3, -0.25) is 0 Å². The summed E-state index contributed by atoms with van der Waals surface area (Å²) in [5.74, 6) is 0. The summed E-state index contributed by atoms with van der Waals surface area (Å²) >= 11 is 1.69. The van der Waals surface area contributed by atoms with Gasteiger partial charge < -0.3 is 10.2 Å². The lowest BCUT2D eigenvalue weighted by Crippen LogP contribution is -2.51. The number of aromatic nitrogens is 2. The molecule has 1 aromatic heterocycles. The summed E-state index contributed by atoms with van der Waals surface area (Å²) in [6, 6.07) is 0.580. The van der Waals surface area contributed by atoms with E-state index >= 15 is 0 Å². The normalized spacial score (nSPS) is 22.7. The van der Waals surface area contributed by atoms with Crippen molar-refractivity contribution in [1.29, 1.82) is 0 Å². The van der Waals surface area contributed by atoms with Crippen molar-refractivity contribution < 1.29 is 0 Å². The lowest BCUT2D eigenvalue weighted by molar-refractivity contribution is 0.465. The van der Waals surface area contributed by atoms with Gasteiger partial charge in [0.1, 0.15) is 5.01 Å². The summed E-state index contributed by atoms with van der Waals surface area (Å²) < 4.78 is 0. The second-order valence-electron chi connectivity index (χ2n) is 3.56. The van der Waals surface area contributed by atoms with E-state index in [1.165, 1.54) is 0 Å². The Morgan fingerprint density at radius 2 is 2.43 bits per heavy atom. The van der Waals surface area contributed by atoms with Crippen LogP contribution in [0.4, 0.5) is 5.13 Å². The molecule has 0 spiro atoms. The highest BCUT2D eigenvalue weighted by Crippen LogP contribution is 2.23. The molecule has 14 heavy (non-hydrogen) atoms. The first-order valence-electron chi connectivity index (χ1n) is 5.08. The minimum Gasteiger partial charge on any atom is -0.341 e.